The van der Waals surface area contributed by atoms with Gasteiger partial charge in [-0.3, -0.25) is 14.3 Å². The normalized spacial score (nSPS) is 19.0. The van der Waals surface area contributed by atoms with E-state index in [1.165, 1.54) is 16.7 Å². The summed E-state index contributed by atoms with van der Waals surface area (Å²) in [6.07, 6.45) is 3.85. The van der Waals surface area contributed by atoms with Gasteiger partial charge >= 0.3 is 0 Å². The predicted octanol–water partition coefficient (Wildman–Crippen LogP) is 4.93. The van der Waals surface area contributed by atoms with Crippen LogP contribution in [-0.2, 0) is 18.3 Å². The van der Waals surface area contributed by atoms with Gasteiger partial charge in [0.1, 0.15) is 5.82 Å². The fourth-order valence-electron chi connectivity index (χ4n) is 4.56. The highest BCUT2D eigenvalue weighted by Crippen LogP contribution is 2.49. The van der Waals surface area contributed by atoms with E-state index in [4.69, 9.17) is 16.6 Å². The number of benzene rings is 2. The van der Waals surface area contributed by atoms with Crippen LogP contribution in [-0.4, -0.2) is 19.0 Å². The molecule has 0 amide bonds. The second-order valence-corrected chi connectivity index (χ2v) is 10.0. The molecule has 34 heavy (non-hydrogen) atoms. The molecule has 0 radical (unpaired) electrons. The van der Waals surface area contributed by atoms with Crippen molar-refractivity contribution in [2.75, 3.05) is 0 Å². The zero-order chi connectivity index (χ0) is 24.1. The highest BCUT2D eigenvalue weighted by molar-refractivity contribution is 7.77. The van der Waals surface area contributed by atoms with Crippen molar-refractivity contribution in [3.05, 3.63) is 92.1 Å². The summed E-state index contributed by atoms with van der Waals surface area (Å²) in [6, 6.07) is 10.8. The van der Waals surface area contributed by atoms with Crippen molar-refractivity contribution in [1.29, 1.82) is 0 Å². The summed E-state index contributed by atoms with van der Waals surface area (Å²) in [5.41, 5.74) is 5.25. The first-order valence-electron chi connectivity index (χ1n) is 11.0. The third-order valence-corrected chi connectivity index (χ3v) is 7.34. The molecule has 6 nitrogen and oxygen atoms in total. The van der Waals surface area contributed by atoms with Gasteiger partial charge in [0, 0.05) is 47.1 Å². The van der Waals surface area contributed by atoms with Gasteiger partial charge in [-0.1, -0.05) is 11.6 Å². The van der Waals surface area contributed by atoms with Crippen molar-refractivity contribution >= 4 is 28.6 Å². The fourth-order valence-corrected chi connectivity index (χ4v) is 5.31. The molecule has 2 N–H and O–H groups in total. The number of aromatic nitrogens is 1. The molecule has 0 bridgehead atoms. The molecule has 3 atom stereocenters. The Morgan fingerprint density at radius 1 is 1.18 bits per heavy atom. The van der Waals surface area contributed by atoms with Crippen molar-refractivity contribution in [2.45, 2.75) is 31.8 Å². The first-order valence-corrected chi connectivity index (χ1v) is 12.5. The second-order valence-electron chi connectivity index (χ2n) is 8.87. The first-order chi connectivity index (χ1) is 16.2. The van der Waals surface area contributed by atoms with Gasteiger partial charge < -0.3 is 4.57 Å². The molecule has 2 aromatic carbocycles. The molecular weight excluding hydrogens is 477 g/mol. The maximum atomic E-state index is 13.7. The minimum absolute atomic E-state index is 0.119. The van der Waals surface area contributed by atoms with Gasteiger partial charge in [0.25, 0.3) is 5.56 Å². The number of nitrogens with one attached hydrogen (secondary N) is 1. The summed E-state index contributed by atoms with van der Waals surface area (Å²) in [5.74, 6) is -0.0171. The molecule has 176 valence electrons. The highest BCUT2D eigenvalue weighted by atomic mass is 35.5. The number of rotatable bonds is 5. The van der Waals surface area contributed by atoms with Gasteiger partial charge in [0.05, 0.1) is 11.8 Å². The lowest BCUT2D eigenvalue weighted by molar-refractivity contribution is 0.536. The van der Waals surface area contributed by atoms with Gasteiger partial charge in [-0.25, -0.2) is 13.3 Å². The Morgan fingerprint density at radius 3 is 2.53 bits per heavy atom. The number of halogens is 2. The third-order valence-electron chi connectivity index (χ3n) is 6.46. The van der Waals surface area contributed by atoms with Gasteiger partial charge in [0.15, 0.2) is 0 Å². The van der Waals surface area contributed by atoms with Gasteiger partial charge in [-0.15, -0.1) is 0 Å². The number of aryl methyl sites for hydroxylation is 1. The molecule has 1 aromatic heterocycles. The number of pyridine rings is 1. The van der Waals surface area contributed by atoms with E-state index in [-0.39, 0.29) is 17.4 Å². The standard InChI is InChI=1S/C25H23ClFN3O3S/c1-13(29-34(32)33)17-9-18-19(10-22(17)26)24(15-5-7-16(27)8-6-15)28-25(14-3-4-14)20-11-23(31)30(2)12-21(18)20/h5-14,25,29H,3-4H2,1-2H3,(H,32,33). The molecule has 3 aromatic rings. The van der Waals surface area contributed by atoms with Crippen molar-refractivity contribution in [2.24, 2.45) is 18.0 Å². The van der Waals surface area contributed by atoms with Crippen LogP contribution in [0, 0.1) is 11.7 Å². The monoisotopic (exact) mass is 499 g/mol. The van der Waals surface area contributed by atoms with Crippen LogP contribution < -0.4 is 10.3 Å². The summed E-state index contributed by atoms with van der Waals surface area (Å²) in [6.45, 7) is 1.75. The molecule has 0 saturated heterocycles. The minimum Gasteiger partial charge on any atom is -0.318 e. The van der Waals surface area contributed by atoms with E-state index in [9.17, 15) is 17.9 Å². The largest absolute Gasteiger partial charge is 0.318 e. The maximum absolute atomic E-state index is 13.7. The molecule has 2 heterocycles. The number of hydrogen-bond donors (Lipinski definition) is 2. The van der Waals surface area contributed by atoms with E-state index in [1.807, 2.05) is 12.3 Å². The second kappa shape index (κ2) is 8.85. The summed E-state index contributed by atoms with van der Waals surface area (Å²) in [4.78, 5) is 17.8. The first kappa shape index (κ1) is 23.1. The average molecular weight is 500 g/mol. The van der Waals surface area contributed by atoms with Gasteiger partial charge in [-0.05, 0) is 78.8 Å². The van der Waals surface area contributed by atoms with Crippen LogP contribution in [0.2, 0.25) is 5.02 Å². The Balaban J connectivity index is 1.81. The van der Waals surface area contributed by atoms with Crippen LogP contribution in [0.5, 0.6) is 0 Å². The lowest BCUT2D eigenvalue weighted by Gasteiger charge is -2.19. The molecular formula is C25H23ClFN3O3S. The summed E-state index contributed by atoms with van der Waals surface area (Å²) >= 11 is 4.46. The SMILES string of the molecule is CC(NS(=O)O)c1cc2c(cc1Cl)C(c1ccc(F)cc1)=NC(C1CC1)c1cc(=O)n(C)cc1-2. The van der Waals surface area contributed by atoms with Crippen LogP contribution in [0.4, 0.5) is 4.39 Å². The van der Waals surface area contributed by atoms with Crippen LogP contribution in [0.25, 0.3) is 11.1 Å². The predicted molar refractivity (Wildman–Crippen MR) is 132 cm³/mol. The molecule has 1 aliphatic carbocycles. The van der Waals surface area contributed by atoms with Gasteiger partial charge in [0.2, 0.25) is 11.3 Å². The van der Waals surface area contributed by atoms with Crippen LogP contribution in [0.15, 0.2) is 58.4 Å². The summed E-state index contributed by atoms with van der Waals surface area (Å²) in [5, 5.41) is 0.412. The van der Waals surface area contributed by atoms with Crippen molar-refractivity contribution in [3.8, 4) is 11.1 Å². The molecule has 0 spiro atoms. The Morgan fingerprint density at radius 2 is 1.88 bits per heavy atom. The topological polar surface area (TPSA) is 83.7 Å². The van der Waals surface area contributed by atoms with Crippen LogP contribution in [0.1, 0.15) is 54.1 Å². The minimum atomic E-state index is -2.22. The fraction of sp³-hybridized carbons (Fsp3) is 0.280. The zero-order valence-electron chi connectivity index (χ0n) is 18.6. The van der Waals surface area contributed by atoms with Crippen LogP contribution >= 0.6 is 11.6 Å². The Labute approximate surface area is 203 Å². The number of aliphatic imine (C=N–C) groups is 1. The number of hydrogen-bond acceptors (Lipinski definition) is 3. The van der Waals surface area contributed by atoms with Crippen molar-refractivity contribution < 1.29 is 13.2 Å². The Bertz CT molecular complexity index is 1400. The molecule has 3 unspecified atom stereocenters. The van der Waals surface area contributed by atoms with E-state index >= 15 is 0 Å². The third kappa shape index (κ3) is 4.27. The Kier molecular flexibility index (Phi) is 6.02. The van der Waals surface area contributed by atoms with E-state index < -0.39 is 17.3 Å². The molecule has 5 rings (SSSR count). The number of fused-ring (bicyclic) bond motifs is 3. The Hall–Kier alpha value is -2.65. The van der Waals surface area contributed by atoms with Crippen molar-refractivity contribution in [1.82, 2.24) is 9.29 Å². The molecule has 1 saturated carbocycles. The maximum Gasteiger partial charge on any atom is 0.250 e. The molecule has 9 heteroatoms. The number of nitrogens with zero attached hydrogens (tertiary/aromatic N) is 2. The van der Waals surface area contributed by atoms with E-state index in [0.29, 0.717) is 22.2 Å². The van der Waals surface area contributed by atoms with Crippen molar-refractivity contribution in [3.63, 3.8) is 0 Å². The average Bonchev–Trinajstić information content (AvgIpc) is 3.62. The lowest BCUT2D eigenvalue weighted by atomic mass is 9.89. The molecule has 2 aliphatic rings. The van der Waals surface area contributed by atoms with E-state index in [0.717, 1.165) is 40.7 Å². The summed E-state index contributed by atoms with van der Waals surface area (Å²) in [7, 11) is 1.71. The van der Waals surface area contributed by atoms with Gasteiger partial charge in [-0.2, -0.15) is 0 Å². The smallest absolute Gasteiger partial charge is 0.250 e. The van der Waals surface area contributed by atoms with E-state index in [1.54, 1.807) is 38.2 Å². The quantitative estimate of drug-likeness (QED) is 0.488. The highest BCUT2D eigenvalue weighted by Gasteiger charge is 2.37. The summed E-state index contributed by atoms with van der Waals surface area (Å²) < 4.78 is 38.5. The molecule has 1 fully saturated rings. The lowest BCUT2D eigenvalue weighted by Crippen LogP contribution is -2.21. The van der Waals surface area contributed by atoms with Crippen LogP contribution in [0.3, 0.4) is 0 Å². The van der Waals surface area contributed by atoms with E-state index in [2.05, 4.69) is 4.72 Å². The zero-order valence-corrected chi connectivity index (χ0v) is 20.2. The molecule has 1 aliphatic heterocycles.